The van der Waals surface area contributed by atoms with Gasteiger partial charge in [-0.05, 0) is 13.3 Å². The van der Waals surface area contributed by atoms with Crippen molar-refractivity contribution in [1.82, 2.24) is 20.4 Å². The molecule has 0 bridgehead atoms. The fourth-order valence-electron chi connectivity index (χ4n) is 2.46. The Balaban J connectivity index is 2.53. The molecule has 24 heavy (non-hydrogen) atoms. The number of rotatable bonds is 8. The predicted octanol–water partition coefficient (Wildman–Crippen LogP) is 3.46. The quantitative estimate of drug-likeness (QED) is 0.430. The van der Waals surface area contributed by atoms with E-state index in [1.807, 2.05) is 6.92 Å². The van der Waals surface area contributed by atoms with Gasteiger partial charge >= 0.3 is 6.18 Å². The Kier molecular flexibility index (Phi) is 8.07. The zero-order chi connectivity index (χ0) is 18.2. The van der Waals surface area contributed by atoms with Gasteiger partial charge < -0.3 is 10.6 Å². The van der Waals surface area contributed by atoms with Crippen LogP contribution in [0.15, 0.2) is 11.2 Å². The molecule has 1 unspecified atom stereocenters. The summed E-state index contributed by atoms with van der Waals surface area (Å²) in [7, 11) is 3.08. The number of unbranched alkanes of at least 4 members (excludes halogenated alkanes) is 3. The van der Waals surface area contributed by atoms with Crippen molar-refractivity contribution in [3.05, 3.63) is 17.5 Å². The Morgan fingerprint density at radius 2 is 2.04 bits per heavy atom. The molecule has 2 N–H and O–H groups in total. The van der Waals surface area contributed by atoms with Crippen LogP contribution in [0.25, 0.3) is 0 Å². The lowest BCUT2D eigenvalue weighted by Gasteiger charge is -2.18. The molecule has 138 valence electrons. The molecule has 1 aromatic heterocycles. The lowest BCUT2D eigenvalue weighted by Crippen LogP contribution is -2.42. The van der Waals surface area contributed by atoms with Gasteiger partial charge in [0.1, 0.15) is 0 Å². The molecule has 1 aromatic rings. The van der Waals surface area contributed by atoms with E-state index in [0.717, 1.165) is 12.8 Å². The van der Waals surface area contributed by atoms with E-state index in [1.54, 1.807) is 7.05 Å². The average Bonchev–Trinajstić information content (AvgIpc) is 2.89. The lowest BCUT2D eigenvalue weighted by atomic mass is 10.1. The Morgan fingerprint density at radius 3 is 2.62 bits per heavy atom. The maximum Gasteiger partial charge on any atom is 0.435 e. The normalized spacial score (nSPS) is 13.9. The van der Waals surface area contributed by atoms with Crippen LogP contribution < -0.4 is 10.6 Å². The fourth-order valence-corrected chi connectivity index (χ4v) is 2.46. The number of aromatic nitrogens is 2. The van der Waals surface area contributed by atoms with E-state index >= 15 is 0 Å². The summed E-state index contributed by atoms with van der Waals surface area (Å²) < 4.78 is 40.0. The highest BCUT2D eigenvalue weighted by Crippen LogP contribution is 2.30. The SMILES string of the molecule is CCCCCCC(C)NC(=NC)NCc1cn(C)nc1C(F)(F)F. The van der Waals surface area contributed by atoms with Crippen LogP contribution in [-0.4, -0.2) is 28.8 Å². The second kappa shape index (κ2) is 9.54. The number of alkyl halides is 3. The highest BCUT2D eigenvalue weighted by atomic mass is 19.4. The van der Waals surface area contributed by atoms with Crippen molar-refractivity contribution in [3.8, 4) is 0 Å². The summed E-state index contributed by atoms with van der Waals surface area (Å²) in [5.74, 6) is 0.495. The van der Waals surface area contributed by atoms with Gasteiger partial charge in [-0.25, -0.2) is 0 Å². The molecule has 0 aliphatic carbocycles. The molecular weight excluding hydrogens is 319 g/mol. The molecule has 1 atom stereocenters. The van der Waals surface area contributed by atoms with Crippen molar-refractivity contribution in [3.63, 3.8) is 0 Å². The molecule has 5 nitrogen and oxygen atoms in total. The van der Waals surface area contributed by atoms with Gasteiger partial charge in [0.15, 0.2) is 11.7 Å². The summed E-state index contributed by atoms with van der Waals surface area (Å²) in [6, 6.07) is 0.212. The number of guanidine groups is 1. The van der Waals surface area contributed by atoms with Gasteiger partial charge in [-0.3, -0.25) is 9.67 Å². The van der Waals surface area contributed by atoms with Crippen LogP contribution in [0.4, 0.5) is 13.2 Å². The second-order valence-electron chi connectivity index (χ2n) is 5.99. The van der Waals surface area contributed by atoms with Gasteiger partial charge in [0.25, 0.3) is 0 Å². The predicted molar refractivity (Wildman–Crippen MR) is 89.8 cm³/mol. The molecule has 0 aliphatic heterocycles. The van der Waals surface area contributed by atoms with Crippen LogP contribution >= 0.6 is 0 Å². The molecule has 0 radical (unpaired) electrons. The van der Waals surface area contributed by atoms with E-state index in [2.05, 4.69) is 27.6 Å². The molecule has 1 heterocycles. The maximum absolute atomic E-state index is 12.9. The minimum atomic E-state index is -4.46. The van der Waals surface area contributed by atoms with E-state index in [4.69, 9.17) is 0 Å². The van der Waals surface area contributed by atoms with Crippen molar-refractivity contribution in [2.45, 2.75) is 64.7 Å². The summed E-state index contributed by atoms with van der Waals surface area (Å²) in [5, 5.41) is 9.63. The van der Waals surface area contributed by atoms with Crippen LogP contribution in [0.5, 0.6) is 0 Å². The number of nitrogens with one attached hydrogen (secondary N) is 2. The summed E-state index contributed by atoms with van der Waals surface area (Å²) in [4.78, 5) is 4.07. The Labute approximate surface area is 141 Å². The van der Waals surface area contributed by atoms with Crippen LogP contribution in [0.3, 0.4) is 0 Å². The van der Waals surface area contributed by atoms with Crippen LogP contribution in [0.2, 0.25) is 0 Å². The van der Waals surface area contributed by atoms with E-state index in [0.29, 0.717) is 5.96 Å². The van der Waals surface area contributed by atoms with E-state index in [9.17, 15) is 13.2 Å². The third-order valence-electron chi connectivity index (χ3n) is 3.72. The lowest BCUT2D eigenvalue weighted by molar-refractivity contribution is -0.142. The first-order valence-electron chi connectivity index (χ1n) is 8.34. The minimum absolute atomic E-state index is 0.0188. The largest absolute Gasteiger partial charge is 0.435 e. The first-order chi connectivity index (χ1) is 11.3. The molecule has 1 rings (SSSR count). The summed E-state index contributed by atoms with van der Waals surface area (Å²) in [6.07, 6.45) is 2.65. The molecule has 0 fully saturated rings. The van der Waals surface area contributed by atoms with Crippen molar-refractivity contribution < 1.29 is 13.2 Å². The Morgan fingerprint density at radius 1 is 1.33 bits per heavy atom. The van der Waals surface area contributed by atoms with Gasteiger partial charge in [0.05, 0.1) is 0 Å². The highest BCUT2D eigenvalue weighted by Gasteiger charge is 2.36. The van der Waals surface area contributed by atoms with Crippen LogP contribution in [0.1, 0.15) is 57.2 Å². The van der Waals surface area contributed by atoms with E-state index in [-0.39, 0.29) is 18.2 Å². The zero-order valence-electron chi connectivity index (χ0n) is 14.9. The monoisotopic (exact) mass is 347 g/mol. The fraction of sp³-hybridized carbons (Fsp3) is 0.750. The number of aliphatic imine (C=N–C) groups is 1. The molecule has 0 amide bonds. The van der Waals surface area contributed by atoms with Crippen molar-refractivity contribution in [2.24, 2.45) is 12.0 Å². The smallest absolute Gasteiger partial charge is 0.354 e. The first kappa shape index (κ1) is 20.3. The first-order valence-corrected chi connectivity index (χ1v) is 8.34. The Hall–Kier alpha value is -1.73. The summed E-state index contributed by atoms with van der Waals surface area (Å²) in [6.45, 7) is 4.23. The van der Waals surface area contributed by atoms with Gasteiger partial charge in [0.2, 0.25) is 0 Å². The molecule has 0 spiro atoms. The Bertz CT molecular complexity index is 522. The van der Waals surface area contributed by atoms with Gasteiger partial charge in [-0.15, -0.1) is 0 Å². The third kappa shape index (κ3) is 6.80. The van der Waals surface area contributed by atoms with Crippen LogP contribution in [-0.2, 0) is 19.8 Å². The standard InChI is InChI=1S/C16H28F3N5/c1-5-6-7-8-9-12(2)22-15(20-3)21-10-13-11-24(4)23-14(13)16(17,18)19/h11-12H,5-10H2,1-4H3,(H2,20,21,22). The number of nitrogens with zero attached hydrogens (tertiary/aromatic N) is 3. The van der Waals surface area contributed by atoms with E-state index < -0.39 is 11.9 Å². The van der Waals surface area contributed by atoms with Crippen molar-refractivity contribution >= 4 is 5.96 Å². The highest BCUT2D eigenvalue weighted by molar-refractivity contribution is 5.79. The summed E-state index contributed by atoms with van der Waals surface area (Å²) >= 11 is 0. The number of aryl methyl sites for hydroxylation is 1. The van der Waals surface area contributed by atoms with Gasteiger partial charge in [-0.1, -0.05) is 32.6 Å². The summed E-state index contributed by atoms with van der Waals surface area (Å²) in [5.41, 5.74) is -0.760. The topological polar surface area (TPSA) is 54.2 Å². The molecule has 0 aromatic carbocycles. The van der Waals surface area contributed by atoms with E-state index in [1.165, 1.54) is 37.2 Å². The maximum atomic E-state index is 12.9. The average molecular weight is 347 g/mol. The molecule has 0 saturated heterocycles. The van der Waals surface area contributed by atoms with Gasteiger partial charge in [-0.2, -0.15) is 18.3 Å². The molecule has 0 aliphatic rings. The van der Waals surface area contributed by atoms with Gasteiger partial charge in [0, 0.05) is 38.4 Å². The molecule has 8 heteroatoms. The zero-order valence-corrected chi connectivity index (χ0v) is 14.9. The number of hydrogen-bond donors (Lipinski definition) is 2. The van der Waals surface area contributed by atoms with Crippen molar-refractivity contribution in [2.75, 3.05) is 7.05 Å². The molecule has 0 saturated carbocycles. The minimum Gasteiger partial charge on any atom is -0.354 e. The second-order valence-corrected chi connectivity index (χ2v) is 5.99. The third-order valence-corrected chi connectivity index (χ3v) is 3.72. The van der Waals surface area contributed by atoms with Crippen molar-refractivity contribution in [1.29, 1.82) is 0 Å². The number of halogens is 3. The molecular formula is C16H28F3N5. The van der Waals surface area contributed by atoms with Crippen LogP contribution in [0, 0.1) is 0 Å². The number of hydrogen-bond acceptors (Lipinski definition) is 2.